The number of anilines is 1. The molecule has 0 unspecified atom stereocenters. The third kappa shape index (κ3) is 4.09. The molecule has 142 valence electrons. The molecule has 3 rings (SSSR count). The Hall–Kier alpha value is -3.87. The maximum absolute atomic E-state index is 11.8. The van der Waals surface area contributed by atoms with Gasteiger partial charge in [-0.3, -0.25) is 9.59 Å². The topological polar surface area (TPSA) is 109 Å². The van der Waals surface area contributed by atoms with E-state index in [1.165, 1.54) is 23.9 Å². The van der Waals surface area contributed by atoms with E-state index in [1.54, 1.807) is 6.07 Å². The van der Waals surface area contributed by atoms with Crippen LogP contribution in [-0.2, 0) is 11.3 Å². The molecule has 0 aliphatic rings. The van der Waals surface area contributed by atoms with Crippen LogP contribution >= 0.6 is 0 Å². The van der Waals surface area contributed by atoms with Crippen LogP contribution in [0.4, 0.5) is 5.69 Å². The summed E-state index contributed by atoms with van der Waals surface area (Å²) in [5.41, 5.74) is 1.84. The van der Waals surface area contributed by atoms with Crippen LogP contribution in [0.3, 0.4) is 0 Å². The van der Waals surface area contributed by atoms with Gasteiger partial charge in [0, 0.05) is 25.4 Å². The first kappa shape index (κ1) is 18.9. The zero-order valence-corrected chi connectivity index (χ0v) is 15.0. The van der Waals surface area contributed by atoms with Crippen molar-refractivity contribution in [1.82, 2.24) is 4.57 Å². The molecule has 1 aromatic heterocycles. The van der Waals surface area contributed by atoms with Gasteiger partial charge in [0.05, 0.1) is 6.20 Å². The molecule has 0 radical (unpaired) electrons. The summed E-state index contributed by atoms with van der Waals surface area (Å²) in [6.45, 7) is 1.68. The number of carbonyl (C=O) groups is 2. The van der Waals surface area contributed by atoms with Crippen LogP contribution in [0.1, 0.15) is 22.8 Å². The predicted octanol–water partition coefficient (Wildman–Crippen LogP) is 2.93. The lowest BCUT2D eigenvalue weighted by Gasteiger charge is -2.14. The summed E-state index contributed by atoms with van der Waals surface area (Å²) in [5, 5.41) is 21.7. The van der Waals surface area contributed by atoms with Crippen molar-refractivity contribution in [2.45, 2.75) is 13.5 Å². The van der Waals surface area contributed by atoms with Crippen LogP contribution in [0.2, 0.25) is 0 Å². The lowest BCUT2D eigenvalue weighted by Crippen LogP contribution is -2.17. The molecule has 0 bridgehead atoms. The number of carbonyl (C=O) groups excluding carboxylic acids is 1. The number of pyridine rings is 1. The lowest BCUT2D eigenvalue weighted by atomic mass is 9.99. The van der Waals surface area contributed by atoms with E-state index in [0.29, 0.717) is 5.69 Å². The molecule has 7 heteroatoms. The highest BCUT2D eigenvalue weighted by Crippen LogP contribution is 2.27. The van der Waals surface area contributed by atoms with Gasteiger partial charge in [-0.05, 0) is 28.8 Å². The highest BCUT2D eigenvalue weighted by molar-refractivity contribution is 5.89. The van der Waals surface area contributed by atoms with Gasteiger partial charge in [0.25, 0.3) is 0 Å². The minimum atomic E-state index is -1.40. The van der Waals surface area contributed by atoms with Gasteiger partial charge in [-0.25, -0.2) is 4.79 Å². The molecule has 3 N–H and O–H groups in total. The number of aromatic carboxylic acids is 1. The van der Waals surface area contributed by atoms with Crippen molar-refractivity contribution in [3.05, 3.63) is 82.3 Å². The van der Waals surface area contributed by atoms with E-state index in [4.69, 9.17) is 5.11 Å². The van der Waals surface area contributed by atoms with E-state index in [2.05, 4.69) is 5.32 Å². The van der Waals surface area contributed by atoms with Gasteiger partial charge in [0.1, 0.15) is 5.56 Å². The Balaban J connectivity index is 2.02. The summed E-state index contributed by atoms with van der Waals surface area (Å²) < 4.78 is 1.46. The van der Waals surface area contributed by atoms with E-state index in [-0.39, 0.29) is 12.5 Å². The monoisotopic (exact) mass is 378 g/mol. The Morgan fingerprint density at radius 3 is 2.54 bits per heavy atom. The molecule has 0 saturated carbocycles. The summed E-state index contributed by atoms with van der Waals surface area (Å²) in [5.74, 6) is -2.19. The van der Waals surface area contributed by atoms with Gasteiger partial charge in [-0.2, -0.15) is 0 Å². The summed E-state index contributed by atoms with van der Waals surface area (Å²) in [4.78, 5) is 34.3. The third-order valence-electron chi connectivity index (χ3n) is 4.15. The van der Waals surface area contributed by atoms with E-state index in [1.807, 2.05) is 42.5 Å². The number of nitrogens with one attached hydrogen (secondary N) is 1. The number of benzene rings is 2. The van der Waals surface area contributed by atoms with E-state index >= 15 is 0 Å². The molecular formula is C21H18N2O5. The quantitative estimate of drug-likeness (QED) is 0.633. The maximum atomic E-state index is 11.8. The first-order valence-corrected chi connectivity index (χ1v) is 8.47. The minimum Gasteiger partial charge on any atom is -0.503 e. The first-order chi connectivity index (χ1) is 13.3. The number of rotatable bonds is 5. The Morgan fingerprint density at radius 2 is 1.82 bits per heavy atom. The van der Waals surface area contributed by atoms with Crippen molar-refractivity contribution in [2.24, 2.45) is 0 Å². The van der Waals surface area contributed by atoms with Crippen molar-refractivity contribution in [2.75, 3.05) is 5.32 Å². The van der Waals surface area contributed by atoms with Gasteiger partial charge < -0.3 is 20.1 Å². The van der Waals surface area contributed by atoms with Gasteiger partial charge in [-0.1, -0.05) is 36.4 Å². The number of aromatic nitrogens is 1. The van der Waals surface area contributed by atoms with Crippen LogP contribution in [0.25, 0.3) is 11.1 Å². The molecule has 2 aromatic carbocycles. The number of carboxylic acids is 1. The van der Waals surface area contributed by atoms with Crippen LogP contribution in [0.5, 0.6) is 5.75 Å². The Morgan fingerprint density at radius 1 is 1.07 bits per heavy atom. The number of amides is 1. The molecule has 1 heterocycles. The molecule has 28 heavy (non-hydrogen) atoms. The van der Waals surface area contributed by atoms with Crippen LogP contribution < -0.4 is 10.7 Å². The molecule has 1 amide bonds. The van der Waals surface area contributed by atoms with Crippen molar-refractivity contribution in [3.63, 3.8) is 0 Å². The standard InChI is InChI=1S/C21H18N2O5/c1-13(24)22-16-7-4-6-14(9-16)17-8-3-2-5-15(17)10-23-11-18(21(27)28)20(26)19(25)12-23/h2-9,11-12,25H,10H2,1H3,(H,22,24)(H,27,28). The first-order valence-electron chi connectivity index (χ1n) is 8.47. The highest BCUT2D eigenvalue weighted by atomic mass is 16.4. The summed E-state index contributed by atoms with van der Waals surface area (Å²) in [6, 6.07) is 14.8. The summed E-state index contributed by atoms with van der Waals surface area (Å²) in [7, 11) is 0. The molecule has 7 nitrogen and oxygen atoms in total. The molecule has 0 atom stereocenters. The smallest absolute Gasteiger partial charge is 0.341 e. The maximum Gasteiger partial charge on any atom is 0.341 e. The second-order valence-electron chi connectivity index (χ2n) is 6.28. The lowest BCUT2D eigenvalue weighted by molar-refractivity contribution is -0.114. The number of aromatic hydroxyl groups is 1. The average Bonchev–Trinajstić information content (AvgIpc) is 2.64. The van der Waals surface area contributed by atoms with Crippen molar-refractivity contribution < 1.29 is 19.8 Å². The number of hydrogen-bond donors (Lipinski definition) is 3. The summed E-state index contributed by atoms with van der Waals surface area (Å²) in [6.07, 6.45) is 2.41. The van der Waals surface area contributed by atoms with Crippen LogP contribution in [0, 0.1) is 0 Å². The molecule has 0 saturated heterocycles. The van der Waals surface area contributed by atoms with Gasteiger partial charge in [0.2, 0.25) is 11.3 Å². The van der Waals surface area contributed by atoms with Gasteiger partial charge >= 0.3 is 5.97 Å². The Bertz CT molecular complexity index is 1120. The normalized spacial score (nSPS) is 10.5. The Kier molecular flexibility index (Phi) is 5.26. The zero-order chi connectivity index (χ0) is 20.3. The average molecular weight is 378 g/mol. The van der Waals surface area contributed by atoms with E-state index < -0.39 is 22.7 Å². The molecule has 0 spiro atoms. The molecule has 0 fully saturated rings. The highest BCUT2D eigenvalue weighted by Gasteiger charge is 2.14. The van der Waals surface area contributed by atoms with E-state index in [0.717, 1.165) is 16.7 Å². The largest absolute Gasteiger partial charge is 0.503 e. The number of carboxylic acid groups (broad SMARTS) is 1. The van der Waals surface area contributed by atoms with Crippen molar-refractivity contribution in [1.29, 1.82) is 0 Å². The summed E-state index contributed by atoms with van der Waals surface area (Å²) >= 11 is 0. The number of nitrogens with zero attached hydrogens (tertiary/aromatic N) is 1. The zero-order valence-electron chi connectivity index (χ0n) is 15.0. The molecule has 0 aliphatic carbocycles. The third-order valence-corrected chi connectivity index (χ3v) is 4.15. The minimum absolute atomic E-state index is 0.171. The van der Waals surface area contributed by atoms with Crippen LogP contribution in [-0.4, -0.2) is 26.7 Å². The van der Waals surface area contributed by atoms with Gasteiger partial charge in [-0.15, -0.1) is 0 Å². The van der Waals surface area contributed by atoms with E-state index in [9.17, 15) is 19.5 Å². The molecular weight excluding hydrogens is 360 g/mol. The van der Waals surface area contributed by atoms with Crippen molar-refractivity contribution in [3.8, 4) is 16.9 Å². The Labute approximate surface area is 160 Å². The predicted molar refractivity (Wildman–Crippen MR) is 105 cm³/mol. The fourth-order valence-electron chi connectivity index (χ4n) is 2.96. The van der Waals surface area contributed by atoms with Crippen molar-refractivity contribution >= 4 is 17.6 Å². The number of hydrogen-bond acceptors (Lipinski definition) is 4. The second kappa shape index (κ2) is 7.79. The SMILES string of the molecule is CC(=O)Nc1cccc(-c2ccccc2Cn2cc(O)c(=O)c(C(=O)O)c2)c1. The van der Waals surface area contributed by atoms with Crippen LogP contribution in [0.15, 0.2) is 65.7 Å². The van der Waals surface area contributed by atoms with Gasteiger partial charge in [0.15, 0.2) is 5.75 Å². The molecule has 0 aliphatic heterocycles. The molecule has 3 aromatic rings. The fraction of sp³-hybridized carbons (Fsp3) is 0.0952. The fourth-order valence-corrected chi connectivity index (χ4v) is 2.96. The second-order valence-corrected chi connectivity index (χ2v) is 6.28.